The van der Waals surface area contributed by atoms with E-state index < -0.39 is 0 Å². The molecule has 1 aromatic heterocycles. The van der Waals surface area contributed by atoms with Gasteiger partial charge in [-0.05, 0) is 42.7 Å². The molecular weight excluding hydrogens is 336 g/mol. The van der Waals surface area contributed by atoms with Crippen LogP contribution in [-0.2, 0) is 16.0 Å². The van der Waals surface area contributed by atoms with Crippen LogP contribution in [0.1, 0.15) is 32.3 Å². The zero-order chi connectivity index (χ0) is 18.1. The monoisotopic (exact) mass is 358 g/mol. The zero-order valence-corrected chi connectivity index (χ0v) is 15.2. The Morgan fingerprint density at radius 3 is 2.40 bits per heavy atom. The fourth-order valence-electron chi connectivity index (χ4n) is 2.12. The van der Waals surface area contributed by atoms with Gasteiger partial charge in [-0.15, -0.1) is 10.2 Å². The Morgan fingerprint density at radius 2 is 1.80 bits per heavy atom. The molecule has 0 bridgehead atoms. The van der Waals surface area contributed by atoms with Crippen LogP contribution in [0.2, 0.25) is 0 Å². The quantitative estimate of drug-likeness (QED) is 0.706. The van der Waals surface area contributed by atoms with Crippen LogP contribution in [-0.4, -0.2) is 27.8 Å². The van der Waals surface area contributed by atoms with Crippen LogP contribution in [0, 0.1) is 0 Å². The van der Waals surface area contributed by atoms with Gasteiger partial charge in [-0.25, -0.2) is 0 Å². The molecule has 0 saturated heterocycles. The van der Waals surface area contributed by atoms with Gasteiger partial charge in [0, 0.05) is 12.6 Å². The van der Waals surface area contributed by atoms with Crippen molar-refractivity contribution in [3.8, 4) is 0 Å². The maximum atomic E-state index is 12.0. The number of aryl methyl sites for hydroxylation is 1. The summed E-state index contributed by atoms with van der Waals surface area (Å²) in [5.41, 5.74) is 2.07. The lowest BCUT2D eigenvalue weighted by Gasteiger charge is -2.06. The van der Waals surface area contributed by atoms with E-state index in [0.29, 0.717) is 10.8 Å². The maximum absolute atomic E-state index is 12.0. The summed E-state index contributed by atoms with van der Waals surface area (Å²) >= 11 is 1.29. The third-order valence-corrected chi connectivity index (χ3v) is 4.27. The molecular formula is C18H22N4O2S. The molecule has 0 radical (unpaired) electrons. The lowest BCUT2D eigenvalue weighted by molar-refractivity contribution is -0.114. The molecule has 2 amide bonds. The number of carbonyl (C=O) groups excluding carboxylic acids is 2. The Morgan fingerprint density at radius 1 is 1.04 bits per heavy atom. The van der Waals surface area contributed by atoms with Gasteiger partial charge in [-0.1, -0.05) is 37.2 Å². The highest BCUT2D eigenvalue weighted by Crippen LogP contribution is 2.17. The Labute approximate surface area is 151 Å². The summed E-state index contributed by atoms with van der Waals surface area (Å²) in [6, 6.07) is 11.3. The first-order valence-electron chi connectivity index (χ1n) is 8.19. The number of hydrogen-bond acceptors (Lipinski definition) is 5. The molecule has 2 aromatic rings. The van der Waals surface area contributed by atoms with Gasteiger partial charge in [0.1, 0.15) is 5.03 Å². The summed E-state index contributed by atoms with van der Waals surface area (Å²) in [7, 11) is 0. The number of rotatable bonds is 8. The van der Waals surface area contributed by atoms with Crippen molar-refractivity contribution in [3.05, 3.63) is 42.0 Å². The molecule has 2 N–H and O–H groups in total. The van der Waals surface area contributed by atoms with Crippen molar-refractivity contribution in [2.45, 2.75) is 38.1 Å². The normalized spacial score (nSPS) is 10.3. The van der Waals surface area contributed by atoms with Crippen molar-refractivity contribution in [1.82, 2.24) is 10.2 Å². The van der Waals surface area contributed by atoms with Gasteiger partial charge >= 0.3 is 0 Å². The first-order chi connectivity index (χ1) is 12.1. The van der Waals surface area contributed by atoms with Crippen LogP contribution in [0.25, 0.3) is 0 Å². The van der Waals surface area contributed by atoms with Crippen molar-refractivity contribution < 1.29 is 9.59 Å². The SMILES string of the molecule is CCCCc1ccc(NC(=O)CSc2ccc(NC(C)=O)nn2)cc1. The van der Waals surface area contributed by atoms with Crippen molar-refractivity contribution in [2.24, 2.45) is 0 Å². The minimum atomic E-state index is -0.199. The van der Waals surface area contributed by atoms with Crippen LogP contribution in [0.3, 0.4) is 0 Å². The first-order valence-corrected chi connectivity index (χ1v) is 9.18. The summed E-state index contributed by atoms with van der Waals surface area (Å²) in [5.74, 6) is 0.337. The van der Waals surface area contributed by atoms with E-state index in [1.54, 1.807) is 12.1 Å². The number of nitrogens with one attached hydrogen (secondary N) is 2. The fraction of sp³-hybridized carbons (Fsp3) is 0.333. The number of unbranched alkanes of at least 4 members (excludes halogenated alkanes) is 1. The number of aromatic nitrogens is 2. The Hall–Kier alpha value is -2.41. The second-order valence-electron chi connectivity index (χ2n) is 5.58. The number of thioether (sulfide) groups is 1. The van der Waals surface area contributed by atoms with Crippen molar-refractivity contribution in [2.75, 3.05) is 16.4 Å². The van der Waals surface area contributed by atoms with Crippen LogP contribution in [0.4, 0.5) is 11.5 Å². The van der Waals surface area contributed by atoms with E-state index in [2.05, 4.69) is 27.8 Å². The van der Waals surface area contributed by atoms with E-state index in [9.17, 15) is 9.59 Å². The molecule has 1 heterocycles. The lowest BCUT2D eigenvalue weighted by Crippen LogP contribution is -2.14. The number of nitrogens with zero attached hydrogens (tertiary/aromatic N) is 2. The highest BCUT2D eigenvalue weighted by Gasteiger charge is 2.06. The summed E-state index contributed by atoms with van der Waals surface area (Å²) < 4.78 is 0. The van der Waals surface area contributed by atoms with Crippen molar-refractivity contribution >= 4 is 35.1 Å². The highest BCUT2D eigenvalue weighted by atomic mass is 32.2. The summed E-state index contributed by atoms with van der Waals surface area (Å²) in [4.78, 5) is 22.9. The average Bonchev–Trinajstić information content (AvgIpc) is 2.60. The number of anilines is 2. The number of carbonyl (C=O) groups is 2. The molecule has 0 aliphatic rings. The number of benzene rings is 1. The van der Waals surface area contributed by atoms with Gasteiger partial charge in [0.05, 0.1) is 5.75 Å². The molecule has 0 spiro atoms. The summed E-state index contributed by atoms with van der Waals surface area (Å²) in [6.45, 7) is 3.58. The molecule has 1 aromatic carbocycles. The second-order valence-corrected chi connectivity index (χ2v) is 6.57. The van der Waals surface area contributed by atoms with Crippen LogP contribution in [0.5, 0.6) is 0 Å². The predicted octanol–water partition coefficient (Wildman–Crippen LogP) is 3.51. The standard InChI is InChI=1S/C18H22N4O2S/c1-3-4-5-14-6-8-15(9-7-14)20-17(24)12-25-18-11-10-16(21-22-18)19-13(2)23/h6-11H,3-5,12H2,1-2H3,(H,20,24)(H,19,21,23). The third-order valence-electron chi connectivity index (χ3n) is 3.35. The van der Waals surface area contributed by atoms with Crippen molar-refractivity contribution in [3.63, 3.8) is 0 Å². The second kappa shape index (κ2) is 9.78. The summed E-state index contributed by atoms with van der Waals surface area (Å²) in [5, 5.41) is 13.9. The van der Waals surface area contributed by atoms with E-state index in [1.165, 1.54) is 37.1 Å². The van der Waals surface area contributed by atoms with Crippen molar-refractivity contribution in [1.29, 1.82) is 0 Å². The molecule has 132 valence electrons. The Kier molecular flexibility index (Phi) is 7.40. The molecule has 6 nitrogen and oxygen atoms in total. The van der Waals surface area contributed by atoms with E-state index in [1.807, 2.05) is 24.3 Å². The van der Waals surface area contributed by atoms with Gasteiger partial charge < -0.3 is 10.6 Å². The predicted molar refractivity (Wildman–Crippen MR) is 101 cm³/mol. The summed E-state index contributed by atoms with van der Waals surface area (Å²) in [6.07, 6.45) is 3.40. The number of amides is 2. The van der Waals surface area contributed by atoms with E-state index in [4.69, 9.17) is 0 Å². The van der Waals surface area contributed by atoms with Gasteiger partial charge in [0.15, 0.2) is 5.82 Å². The van der Waals surface area contributed by atoms with Gasteiger partial charge in [0.2, 0.25) is 11.8 Å². The largest absolute Gasteiger partial charge is 0.325 e. The molecule has 25 heavy (non-hydrogen) atoms. The van der Waals surface area contributed by atoms with Gasteiger partial charge in [0.25, 0.3) is 0 Å². The molecule has 0 aliphatic heterocycles. The topological polar surface area (TPSA) is 84.0 Å². The lowest BCUT2D eigenvalue weighted by atomic mass is 10.1. The van der Waals surface area contributed by atoms with Gasteiger partial charge in [-0.3, -0.25) is 9.59 Å². The van der Waals surface area contributed by atoms with Gasteiger partial charge in [-0.2, -0.15) is 0 Å². The zero-order valence-electron chi connectivity index (χ0n) is 14.4. The number of hydrogen-bond donors (Lipinski definition) is 2. The molecule has 0 aliphatic carbocycles. The molecule has 0 saturated carbocycles. The highest BCUT2D eigenvalue weighted by molar-refractivity contribution is 7.99. The Balaban J connectivity index is 1.79. The minimum absolute atomic E-state index is 0.0981. The van der Waals surface area contributed by atoms with Crippen LogP contribution < -0.4 is 10.6 Å². The molecule has 7 heteroatoms. The molecule has 0 fully saturated rings. The van der Waals surface area contributed by atoms with E-state index in [0.717, 1.165) is 12.1 Å². The first kappa shape index (κ1) is 18.9. The molecule has 2 rings (SSSR count). The third kappa shape index (κ3) is 6.93. The maximum Gasteiger partial charge on any atom is 0.234 e. The van der Waals surface area contributed by atoms with E-state index in [-0.39, 0.29) is 17.6 Å². The average molecular weight is 358 g/mol. The smallest absolute Gasteiger partial charge is 0.234 e. The molecule has 0 unspecified atom stereocenters. The van der Waals surface area contributed by atoms with E-state index >= 15 is 0 Å². The van der Waals surface area contributed by atoms with Crippen LogP contribution in [0.15, 0.2) is 41.4 Å². The minimum Gasteiger partial charge on any atom is -0.325 e. The van der Waals surface area contributed by atoms with Crippen LogP contribution >= 0.6 is 11.8 Å². The Bertz CT molecular complexity index is 702. The molecule has 0 atom stereocenters. The fourth-order valence-corrected chi connectivity index (χ4v) is 2.73.